The molecular formula is C14H17ClO3. The first-order valence-electron chi connectivity index (χ1n) is 6.25. The maximum absolute atomic E-state index is 9.39. The molecule has 1 aliphatic carbocycles. The molecule has 98 valence electrons. The van der Waals surface area contributed by atoms with E-state index in [4.69, 9.17) is 21.1 Å². The molecule has 1 saturated carbocycles. The van der Waals surface area contributed by atoms with E-state index in [-0.39, 0.29) is 12.0 Å². The maximum Gasteiger partial charge on any atom is 0.179 e. The van der Waals surface area contributed by atoms with Crippen molar-refractivity contribution in [1.82, 2.24) is 0 Å². The van der Waals surface area contributed by atoms with Gasteiger partial charge in [-0.05, 0) is 34.9 Å². The van der Waals surface area contributed by atoms with E-state index in [2.05, 4.69) is 13.8 Å². The highest BCUT2D eigenvalue weighted by Gasteiger charge is 2.57. The van der Waals surface area contributed by atoms with Gasteiger partial charge in [0.15, 0.2) is 11.5 Å². The molecule has 1 N–H and O–H groups in total. The summed E-state index contributed by atoms with van der Waals surface area (Å²) in [6.45, 7) is 5.65. The van der Waals surface area contributed by atoms with Crippen molar-refractivity contribution < 1.29 is 14.6 Å². The molecule has 0 saturated heterocycles. The van der Waals surface area contributed by atoms with E-state index in [1.165, 1.54) is 0 Å². The highest BCUT2D eigenvalue weighted by Crippen LogP contribution is 2.64. The van der Waals surface area contributed by atoms with Crippen molar-refractivity contribution in [2.75, 3.05) is 19.8 Å². The standard InChI is InChI=1S/C14H17ClO3/c1-14(2)9(7-16)12(14)8-5-10(15)13-11(6-8)17-3-4-18-13/h5-6,9,12,16H,3-4,7H2,1-2H3. The zero-order valence-corrected chi connectivity index (χ0v) is 11.3. The Labute approximate surface area is 112 Å². The summed E-state index contributed by atoms with van der Waals surface area (Å²) in [5, 5.41) is 9.99. The van der Waals surface area contributed by atoms with Gasteiger partial charge in [-0.2, -0.15) is 0 Å². The second-order valence-corrected chi connectivity index (χ2v) is 6.02. The van der Waals surface area contributed by atoms with Crippen LogP contribution in [0.3, 0.4) is 0 Å². The SMILES string of the molecule is CC1(C)C(CO)C1c1cc(Cl)c2c(c1)OCCO2. The van der Waals surface area contributed by atoms with Crippen molar-refractivity contribution in [1.29, 1.82) is 0 Å². The predicted octanol–water partition coefficient (Wildman–Crippen LogP) is 2.84. The lowest BCUT2D eigenvalue weighted by atomic mass is 10.0. The van der Waals surface area contributed by atoms with Crippen LogP contribution in [0, 0.1) is 11.3 Å². The van der Waals surface area contributed by atoms with Gasteiger partial charge in [-0.3, -0.25) is 0 Å². The first-order valence-corrected chi connectivity index (χ1v) is 6.63. The number of fused-ring (bicyclic) bond motifs is 1. The molecule has 18 heavy (non-hydrogen) atoms. The molecule has 4 heteroatoms. The fourth-order valence-electron chi connectivity index (χ4n) is 3.06. The van der Waals surface area contributed by atoms with Crippen molar-refractivity contribution in [3.63, 3.8) is 0 Å². The molecule has 1 fully saturated rings. The summed E-state index contributed by atoms with van der Waals surface area (Å²) in [5.74, 6) is 2.01. The van der Waals surface area contributed by atoms with Gasteiger partial charge in [0.05, 0.1) is 5.02 Å². The van der Waals surface area contributed by atoms with Crippen molar-refractivity contribution >= 4 is 11.6 Å². The van der Waals surface area contributed by atoms with Crippen LogP contribution in [0.2, 0.25) is 5.02 Å². The van der Waals surface area contributed by atoms with Gasteiger partial charge < -0.3 is 14.6 Å². The van der Waals surface area contributed by atoms with Gasteiger partial charge in [0.1, 0.15) is 13.2 Å². The molecule has 2 aliphatic rings. The molecular weight excluding hydrogens is 252 g/mol. The quantitative estimate of drug-likeness (QED) is 0.896. The molecule has 0 radical (unpaired) electrons. The van der Waals surface area contributed by atoms with E-state index >= 15 is 0 Å². The number of ether oxygens (including phenoxy) is 2. The fraction of sp³-hybridized carbons (Fsp3) is 0.571. The summed E-state index contributed by atoms with van der Waals surface area (Å²) in [4.78, 5) is 0. The largest absolute Gasteiger partial charge is 0.486 e. The summed E-state index contributed by atoms with van der Waals surface area (Å²) in [7, 11) is 0. The normalized spacial score (nSPS) is 28.0. The van der Waals surface area contributed by atoms with Crippen LogP contribution in [0.15, 0.2) is 12.1 Å². The lowest BCUT2D eigenvalue weighted by Gasteiger charge is -2.20. The van der Waals surface area contributed by atoms with E-state index in [9.17, 15) is 5.11 Å². The van der Waals surface area contributed by atoms with Gasteiger partial charge in [0, 0.05) is 6.61 Å². The molecule has 3 nitrogen and oxygen atoms in total. The monoisotopic (exact) mass is 268 g/mol. The molecule has 1 aromatic rings. The molecule has 2 atom stereocenters. The minimum Gasteiger partial charge on any atom is -0.486 e. The first kappa shape index (κ1) is 12.1. The maximum atomic E-state index is 9.39. The van der Waals surface area contributed by atoms with Crippen LogP contribution in [0.25, 0.3) is 0 Å². The topological polar surface area (TPSA) is 38.7 Å². The van der Waals surface area contributed by atoms with Crippen LogP contribution in [0.1, 0.15) is 25.3 Å². The molecule has 0 amide bonds. The van der Waals surface area contributed by atoms with Crippen molar-refractivity contribution in [2.45, 2.75) is 19.8 Å². The van der Waals surface area contributed by atoms with Gasteiger partial charge in [0.25, 0.3) is 0 Å². The van der Waals surface area contributed by atoms with Gasteiger partial charge >= 0.3 is 0 Å². The molecule has 0 bridgehead atoms. The van der Waals surface area contributed by atoms with E-state index in [1.54, 1.807) is 0 Å². The zero-order valence-electron chi connectivity index (χ0n) is 10.6. The number of rotatable bonds is 2. The van der Waals surface area contributed by atoms with E-state index in [0.717, 1.165) is 11.3 Å². The number of hydrogen-bond donors (Lipinski definition) is 1. The number of aliphatic hydroxyl groups is 1. The van der Waals surface area contributed by atoms with Gasteiger partial charge in [-0.25, -0.2) is 0 Å². The Balaban J connectivity index is 1.97. The fourth-order valence-corrected chi connectivity index (χ4v) is 3.33. The smallest absolute Gasteiger partial charge is 0.179 e. The average molecular weight is 269 g/mol. The third-order valence-electron chi connectivity index (χ3n) is 4.23. The number of aliphatic hydroxyl groups excluding tert-OH is 1. The molecule has 1 aromatic carbocycles. The van der Waals surface area contributed by atoms with Gasteiger partial charge in [0.2, 0.25) is 0 Å². The molecule has 2 unspecified atom stereocenters. The second-order valence-electron chi connectivity index (χ2n) is 5.62. The van der Waals surface area contributed by atoms with Crippen LogP contribution >= 0.6 is 11.6 Å². The summed E-state index contributed by atoms with van der Waals surface area (Å²) < 4.78 is 11.1. The Kier molecular flexibility index (Phi) is 2.72. The third kappa shape index (κ3) is 1.69. The average Bonchev–Trinajstić information content (AvgIpc) is 2.91. The Morgan fingerprint density at radius 2 is 2.06 bits per heavy atom. The number of hydrogen-bond acceptors (Lipinski definition) is 3. The summed E-state index contributed by atoms with van der Waals surface area (Å²) in [6, 6.07) is 3.94. The van der Waals surface area contributed by atoms with Crippen LogP contribution < -0.4 is 9.47 Å². The molecule has 1 heterocycles. The van der Waals surface area contributed by atoms with Gasteiger partial charge in [-0.15, -0.1) is 0 Å². The summed E-state index contributed by atoms with van der Waals surface area (Å²) in [6.07, 6.45) is 0. The first-order chi connectivity index (χ1) is 8.55. The van der Waals surface area contributed by atoms with E-state index in [0.29, 0.717) is 35.8 Å². The lowest BCUT2D eigenvalue weighted by molar-refractivity contribution is 0.171. The molecule has 0 aromatic heterocycles. The Morgan fingerprint density at radius 3 is 2.72 bits per heavy atom. The Morgan fingerprint density at radius 1 is 1.33 bits per heavy atom. The minimum absolute atomic E-state index is 0.127. The lowest BCUT2D eigenvalue weighted by Crippen LogP contribution is -2.15. The van der Waals surface area contributed by atoms with Crippen molar-refractivity contribution in [3.05, 3.63) is 22.7 Å². The second kappa shape index (κ2) is 4.04. The van der Waals surface area contributed by atoms with E-state index in [1.807, 2.05) is 12.1 Å². The van der Waals surface area contributed by atoms with E-state index < -0.39 is 0 Å². The number of benzene rings is 1. The Hall–Kier alpha value is -0.930. The van der Waals surface area contributed by atoms with Crippen LogP contribution in [-0.2, 0) is 0 Å². The van der Waals surface area contributed by atoms with Crippen molar-refractivity contribution in [3.8, 4) is 11.5 Å². The highest BCUT2D eigenvalue weighted by atomic mass is 35.5. The predicted molar refractivity (Wildman–Crippen MR) is 69.5 cm³/mol. The Bertz CT molecular complexity index is 484. The van der Waals surface area contributed by atoms with Crippen LogP contribution in [-0.4, -0.2) is 24.9 Å². The van der Waals surface area contributed by atoms with Gasteiger partial charge in [-0.1, -0.05) is 25.4 Å². The highest BCUT2D eigenvalue weighted by molar-refractivity contribution is 6.32. The summed E-state index contributed by atoms with van der Waals surface area (Å²) in [5.41, 5.74) is 1.26. The van der Waals surface area contributed by atoms with Crippen molar-refractivity contribution in [2.24, 2.45) is 11.3 Å². The molecule has 3 rings (SSSR count). The third-order valence-corrected chi connectivity index (χ3v) is 4.51. The minimum atomic E-state index is 0.127. The van der Waals surface area contributed by atoms with Crippen LogP contribution in [0.4, 0.5) is 0 Å². The zero-order chi connectivity index (χ0) is 12.9. The van der Waals surface area contributed by atoms with Crippen LogP contribution in [0.5, 0.6) is 11.5 Å². The summed E-state index contributed by atoms with van der Waals surface area (Å²) >= 11 is 6.24. The molecule has 0 spiro atoms. The molecule has 1 aliphatic heterocycles. The number of halogens is 1.